The zero-order valence-electron chi connectivity index (χ0n) is 11.9. The maximum Gasteiger partial charge on any atom is 0.243 e. The predicted octanol–water partition coefficient (Wildman–Crippen LogP) is 2.77. The summed E-state index contributed by atoms with van der Waals surface area (Å²) in [5.74, 6) is 0. The molecule has 0 aliphatic carbocycles. The van der Waals surface area contributed by atoms with Crippen molar-refractivity contribution in [3.8, 4) is 12.1 Å². The van der Waals surface area contributed by atoms with Gasteiger partial charge in [-0.25, -0.2) is 8.42 Å². The molecule has 0 unspecified atom stereocenters. The van der Waals surface area contributed by atoms with Crippen LogP contribution in [0.3, 0.4) is 0 Å². The van der Waals surface area contributed by atoms with E-state index in [0.29, 0.717) is 16.1 Å². The molecule has 0 aromatic heterocycles. The van der Waals surface area contributed by atoms with Gasteiger partial charge in [0.05, 0.1) is 17.0 Å². The van der Waals surface area contributed by atoms with Gasteiger partial charge in [-0.2, -0.15) is 14.8 Å². The summed E-state index contributed by atoms with van der Waals surface area (Å²) in [6.07, 6.45) is 0.159. The molecule has 1 aromatic carbocycles. The highest BCUT2D eigenvalue weighted by molar-refractivity contribution is 7.89. The van der Waals surface area contributed by atoms with Crippen molar-refractivity contribution < 1.29 is 8.42 Å². The van der Waals surface area contributed by atoms with Crippen LogP contribution in [0.15, 0.2) is 17.0 Å². The molecule has 0 radical (unpaired) electrons. The number of nitriles is 2. The van der Waals surface area contributed by atoms with Crippen LogP contribution in [0.5, 0.6) is 0 Å². The topological polar surface area (TPSA) is 85.0 Å². The first-order chi connectivity index (χ1) is 9.84. The van der Waals surface area contributed by atoms with Gasteiger partial charge in [0.15, 0.2) is 0 Å². The molecule has 7 heteroatoms. The highest BCUT2D eigenvalue weighted by atomic mass is 35.5. The summed E-state index contributed by atoms with van der Waals surface area (Å²) in [5.41, 5.74) is 1.21. The van der Waals surface area contributed by atoms with Gasteiger partial charge in [-0.1, -0.05) is 11.6 Å². The van der Waals surface area contributed by atoms with Gasteiger partial charge in [0, 0.05) is 31.0 Å². The lowest BCUT2D eigenvalue weighted by Gasteiger charge is -2.21. The van der Waals surface area contributed by atoms with E-state index in [0.717, 1.165) is 0 Å². The second-order valence-corrected chi connectivity index (χ2v) is 6.90. The van der Waals surface area contributed by atoms with Crippen LogP contribution in [0, 0.1) is 36.5 Å². The average molecular weight is 326 g/mol. The van der Waals surface area contributed by atoms with Crippen LogP contribution < -0.4 is 0 Å². The first-order valence-corrected chi connectivity index (χ1v) is 8.17. The lowest BCUT2D eigenvalue weighted by Crippen LogP contribution is -2.33. The predicted molar refractivity (Wildman–Crippen MR) is 80.1 cm³/mol. The lowest BCUT2D eigenvalue weighted by molar-refractivity contribution is 0.424. The largest absolute Gasteiger partial charge is 0.243 e. The summed E-state index contributed by atoms with van der Waals surface area (Å²) in [6.45, 7) is 3.55. The number of nitrogens with zero attached hydrogens (tertiary/aromatic N) is 3. The van der Waals surface area contributed by atoms with Gasteiger partial charge in [-0.15, -0.1) is 0 Å². The van der Waals surface area contributed by atoms with Crippen LogP contribution >= 0.6 is 11.6 Å². The maximum absolute atomic E-state index is 12.7. The van der Waals surface area contributed by atoms with E-state index in [2.05, 4.69) is 0 Å². The number of hydrogen-bond donors (Lipinski definition) is 0. The van der Waals surface area contributed by atoms with Crippen LogP contribution in [0.25, 0.3) is 0 Å². The standard InChI is InChI=1S/C14H16ClN3O2S/c1-11-10-14(12(2)9-13(11)15)21(19,20)18(7-3-5-16)8-4-6-17/h9-10H,3-4,7-8H2,1-2H3. The summed E-state index contributed by atoms with van der Waals surface area (Å²) in [7, 11) is -3.74. The third-order valence-electron chi connectivity index (χ3n) is 3.02. The van der Waals surface area contributed by atoms with E-state index in [1.807, 2.05) is 12.1 Å². The third-order valence-corrected chi connectivity index (χ3v) is 5.47. The Kier molecular flexibility index (Phi) is 6.17. The highest BCUT2D eigenvalue weighted by Gasteiger charge is 2.26. The Balaban J connectivity index is 3.25. The normalized spacial score (nSPS) is 11.1. The average Bonchev–Trinajstić information content (AvgIpc) is 2.42. The number of sulfonamides is 1. The smallest absolute Gasteiger partial charge is 0.207 e. The molecule has 21 heavy (non-hydrogen) atoms. The molecule has 0 aliphatic rings. The van der Waals surface area contributed by atoms with Gasteiger partial charge >= 0.3 is 0 Å². The fourth-order valence-electron chi connectivity index (χ4n) is 1.87. The molecule has 0 atom stereocenters. The Labute approximate surface area is 130 Å². The number of halogens is 1. The minimum absolute atomic E-state index is 0.0711. The third kappa shape index (κ3) is 4.18. The first-order valence-electron chi connectivity index (χ1n) is 6.35. The Morgan fingerprint density at radius 1 is 1.10 bits per heavy atom. The molecule has 0 fully saturated rings. The van der Waals surface area contributed by atoms with Gasteiger partial charge in [0.2, 0.25) is 10.0 Å². The summed E-state index contributed by atoms with van der Waals surface area (Å²) in [5, 5.41) is 17.8. The summed E-state index contributed by atoms with van der Waals surface area (Å²) in [4.78, 5) is 0.167. The molecule has 0 amide bonds. The first kappa shape index (κ1) is 17.5. The number of benzene rings is 1. The molecular weight excluding hydrogens is 310 g/mol. The molecule has 0 saturated carbocycles. The van der Waals surface area contributed by atoms with Crippen molar-refractivity contribution in [2.24, 2.45) is 0 Å². The van der Waals surface area contributed by atoms with Crippen molar-refractivity contribution in [3.05, 3.63) is 28.3 Å². The fraction of sp³-hybridized carbons (Fsp3) is 0.429. The van der Waals surface area contributed by atoms with E-state index in [9.17, 15) is 8.42 Å². The van der Waals surface area contributed by atoms with Crippen LogP contribution in [0.2, 0.25) is 5.02 Å². The van der Waals surface area contributed by atoms with Gasteiger partial charge in [0.1, 0.15) is 0 Å². The number of aryl methyl sites for hydroxylation is 2. The molecule has 0 heterocycles. The van der Waals surface area contributed by atoms with Crippen molar-refractivity contribution in [2.45, 2.75) is 31.6 Å². The van der Waals surface area contributed by atoms with Gasteiger partial charge in [-0.05, 0) is 37.1 Å². The van der Waals surface area contributed by atoms with E-state index < -0.39 is 10.0 Å². The zero-order valence-corrected chi connectivity index (χ0v) is 13.5. The van der Waals surface area contributed by atoms with E-state index in [1.165, 1.54) is 10.4 Å². The molecule has 0 aliphatic heterocycles. The fourth-order valence-corrected chi connectivity index (χ4v) is 3.82. The molecule has 5 nitrogen and oxygen atoms in total. The van der Waals surface area contributed by atoms with Crippen molar-refractivity contribution in [3.63, 3.8) is 0 Å². The number of hydrogen-bond acceptors (Lipinski definition) is 4. The Morgan fingerprint density at radius 2 is 1.62 bits per heavy atom. The molecule has 1 aromatic rings. The number of rotatable bonds is 6. The maximum atomic E-state index is 12.7. The van der Waals surface area contributed by atoms with Gasteiger partial charge in [0.25, 0.3) is 0 Å². The van der Waals surface area contributed by atoms with Crippen molar-refractivity contribution in [1.29, 1.82) is 10.5 Å². The highest BCUT2D eigenvalue weighted by Crippen LogP contribution is 2.26. The summed E-state index contributed by atoms with van der Waals surface area (Å²) < 4.78 is 26.6. The van der Waals surface area contributed by atoms with E-state index >= 15 is 0 Å². The minimum atomic E-state index is -3.74. The molecule has 112 valence electrons. The van der Waals surface area contributed by atoms with Crippen molar-refractivity contribution in [2.75, 3.05) is 13.1 Å². The molecule has 1 rings (SSSR count). The van der Waals surface area contributed by atoms with Gasteiger partial charge in [-0.3, -0.25) is 0 Å². The second kappa shape index (κ2) is 7.42. The quantitative estimate of drug-likeness (QED) is 0.804. The molecule has 0 spiro atoms. The Bertz CT molecular complexity index is 684. The van der Waals surface area contributed by atoms with Crippen LogP contribution in [-0.2, 0) is 10.0 Å². The van der Waals surface area contributed by atoms with Crippen molar-refractivity contribution in [1.82, 2.24) is 4.31 Å². The monoisotopic (exact) mass is 325 g/mol. The summed E-state index contributed by atoms with van der Waals surface area (Å²) in [6, 6.07) is 6.98. The summed E-state index contributed by atoms with van der Waals surface area (Å²) >= 11 is 5.99. The minimum Gasteiger partial charge on any atom is -0.207 e. The second-order valence-electron chi connectivity index (χ2n) is 4.59. The van der Waals surface area contributed by atoms with E-state index in [1.54, 1.807) is 19.9 Å². The Hall–Kier alpha value is -1.60. The van der Waals surface area contributed by atoms with E-state index in [-0.39, 0.29) is 30.8 Å². The molecule has 0 N–H and O–H groups in total. The van der Waals surface area contributed by atoms with Crippen molar-refractivity contribution >= 4 is 21.6 Å². The Morgan fingerprint density at radius 3 is 2.10 bits per heavy atom. The molecule has 0 saturated heterocycles. The lowest BCUT2D eigenvalue weighted by atomic mass is 10.2. The van der Waals surface area contributed by atoms with Crippen LogP contribution in [0.4, 0.5) is 0 Å². The molecular formula is C14H16ClN3O2S. The van der Waals surface area contributed by atoms with Crippen LogP contribution in [0.1, 0.15) is 24.0 Å². The van der Waals surface area contributed by atoms with Gasteiger partial charge < -0.3 is 0 Å². The zero-order chi connectivity index (χ0) is 16.0. The molecule has 0 bridgehead atoms. The van der Waals surface area contributed by atoms with E-state index in [4.69, 9.17) is 22.1 Å². The SMILES string of the molecule is Cc1cc(S(=O)(=O)N(CCC#N)CCC#N)c(C)cc1Cl. The van der Waals surface area contributed by atoms with Crippen LogP contribution in [-0.4, -0.2) is 25.8 Å².